The molecule has 2 saturated heterocycles. The molecule has 4 heterocycles. The molecule has 71 heavy (non-hydrogen) atoms. The predicted octanol–water partition coefficient (Wildman–Crippen LogP) is 4.09. The van der Waals surface area contributed by atoms with Crippen LogP contribution in [0.1, 0.15) is 102 Å². The topological polar surface area (TPSA) is 222 Å². The first kappa shape index (κ1) is 53.7. The number of aromatic nitrogens is 3. The smallest absolute Gasteiger partial charge is 0.379 e. The number of hydrogen-bond donors (Lipinski definition) is 6. The fourth-order valence-electron chi connectivity index (χ4n) is 10.5. The number of aliphatic hydroxyl groups is 1. The number of nitrogens with one attached hydrogen (secondary N) is 5. The van der Waals surface area contributed by atoms with E-state index >= 15 is 0 Å². The standard InChI is InChI=1S/C50H71F3N10O8/c1-49(2,3)61-35-12-14-41(63-19-15-39(48(63)68)59-45-36-26-33(50(51,52)53)9-13-38(36)56-30-57-45)40(27-35)60-46(66)31-7-10-34(11-8-31)58-42(64)16-20-69-22-24-71-25-23-70-21-18-55-47(67)37-28-43(65)62(4)44(37)32-6-5-17-54-29-32/h5-6,9,13,17,26,29-31,34-35,37,39-41,43-44,61,65H,7-8,10-12,14-16,18-25,27-28H2,1-4H3,(H,55,67)(H,58,64)(H,60,66)(H,56,57,59)/t31-,34+,35-,37+,39+,40-,41+,43?,44-/m1/s1. The molecular formula is C50H71F3N10O8. The summed E-state index contributed by atoms with van der Waals surface area (Å²) in [6.45, 7) is 8.94. The second-order valence-electron chi connectivity index (χ2n) is 20.3. The highest BCUT2D eigenvalue weighted by Crippen LogP contribution is 2.39. The third-order valence-corrected chi connectivity index (χ3v) is 14.0. The zero-order valence-corrected chi connectivity index (χ0v) is 41.2. The molecule has 18 nitrogen and oxygen atoms in total. The second kappa shape index (κ2) is 24.6. The van der Waals surface area contributed by atoms with Crippen LogP contribution in [0.5, 0.6) is 0 Å². The van der Waals surface area contributed by atoms with Gasteiger partial charge in [-0.3, -0.25) is 29.1 Å². The second-order valence-corrected chi connectivity index (χ2v) is 20.3. The highest BCUT2D eigenvalue weighted by Gasteiger charge is 2.45. The number of amides is 4. The first-order valence-electron chi connectivity index (χ1n) is 25.0. The quantitative estimate of drug-likeness (QED) is 0.0829. The lowest BCUT2D eigenvalue weighted by Gasteiger charge is -2.43. The van der Waals surface area contributed by atoms with Crippen molar-refractivity contribution in [3.05, 3.63) is 60.2 Å². The average molecular weight is 997 g/mol. The van der Waals surface area contributed by atoms with Gasteiger partial charge in [0.05, 0.1) is 74.8 Å². The van der Waals surface area contributed by atoms with Gasteiger partial charge in [0.1, 0.15) is 24.4 Å². The van der Waals surface area contributed by atoms with Gasteiger partial charge in [-0.2, -0.15) is 13.2 Å². The maximum atomic E-state index is 14.0. The number of rotatable bonds is 21. The van der Waals surface area contributed by atoms with Crippen molar-refractivity contribution in [2.45, 2.75) is 139 Å². The van der Waals surface area contributed by atoms with Crippen LogP contribution in [-0.2, 0) is 39.6 Å². The third-order valence-electron chi connectivity index (χ3n) is 14.0. The molecule has 7 atom stereocenters. The van der Waals surface area contributed by atoms with Crippen LogP contribution in [0, 0.1) is 11.8 Å². The summed E-state index contributed by atoms with van der Waals surface area (Å²) in [5, 5.41) is 26.7. The fourth-order valence-corrected chi connectivity index (χ4v) is 10.5. The van der Waals surface area contributed by atoms with E-state index in [9.17, 15) is 37.5 Å². The number of pyridine rings is 1. The van der Waals surface area contributed by atoms with Gasteiger partial charge in [-0.1, -0.05) is 6.07 Å². The van der Waals surface area contributed by atoms with E-state index in [1.807, 2.05) is 17.0 Å². The van der Waals surface area contributed by atoms with Gasteiger partial charge in [0, 0.05) is 67.3 Å². The molecule has 2 aliphatic carbocycles. The maximum Gasteiger partial charge on any atom is 0.416 e. The summed E-state index contributed by atoms with van der Waals surface area (Å²) in [5.74, 6) is -0.992. The van der Waals surface area contributed by atoms with Crippen molar-refractivity contribution in [3.8, 4) is 0 Å². The van der Waals surface area contributed by atoms with Gasteiger partial charge in [0.25, 0.3) is 0 Å². The molecule has 3 aromatic rings. The van der Waals surface area contributed by atoms with Gasteiger partial charge in [-0.05, 0) is 109 Å². The lowest BCUT2D eigenvalue weighted by molar-refractivity contribution is -0.137. The van der Waals surface area contributed by atoms with Crippen LogP contribution in [0.25, 0.3) is 10.9 Å². The van der Waals surface area contributed by atoms with Gasteiger partial charge in [-0.25, -0.2) is 9.97 Å². The van der Waals surface area contributed by atoms with Crippen LogP contribution in [0.15, 0.2) is 49.1 Å². The fraction of sp³-hybridized carbons (Fsp3) is 0.660. The third kappa shape index (κ3) is 14.8. The first-order valence-corrected chi connectivity index (χ1v) is 25.0. The molecule has 2 saturated carbocycles. The Morgan fingerprint density at radius 3 is 2.27 bits per heavy atom. The number of carbonyl (C=O) groups is 4. The molecule has 0 spiro atoms. The number of nitrogens with zero attached hydrogens (tertiary/aromatic N) is 5. The molecule has 6 N–H and O–H groups in total. The number of halogens is 3. The Hall–Kier alpha value is -5.06. The summed E-state index contributed by atoms with van der Waals surface area (Å²) in [5.41, 5.74) is 0.223. The van der Waals surface area contributed by atoms with Crippen LogP contribution in [0.2, 0.25) is 0 Å². The van der Waals surface area contributed by atoms with Crippen LogP contribution >= 0.6 is 0 Å². The molecule has 4 fully saturated rings. The van der Waals surface area contributed by atoms with Crippen LogP contribution < -0.4 is 26.6 Å². The predicted molar refractivity (Wildman–Crippen MR) is 257 cm³/mol. The Balaban J connectivity index is 0.772. The van der Waals surface area contributed by atoms with Crippen molar-refractivity contribution in [2.24, 2.45) is 11.8 Å². The number of anilines is 1. The minimum absolute atomic E-state index is 0.0502. The lowest BCUT2D eigenvalue weighted by Crippen LogP contribution is -2.60. The van der Waals surface area contributed by atoms with Crippen molar-refractivity contribution in [1.29, 1.82) is 0 Å². The van der Waals surface area contributed by atoms with Gasteiger partial charge in [0.15, 0.2) is 0 Å². The minimum Gasteiger partial charge on any atom is -0.379 e. The van der Waals surface area contributed by atoms with E-state index < -0.39 is 29.9 Å². The summed E-state index contributed by atoms with van der Waals surface area (Å²) < 4.78 is 57.5. The van der Waals surface area contributed by atoms with E-state index in [4.69, 9.17) is 14.2 Å². The molecule has 2 aliphatic heterocycles. The summed E-state index contributed by atoms with van der Waals surface area (Å²) in [4.78, 5) is 69.8. The lowest BCUT2D eigenvalue weighted by atomic mass is 9.82. The van der Waals surface area contributed by atoms with Gasteiger partial charge < -0.3 is 50.8 Å². The molecule has 390 valence electrons. The van der Waals surface area contributed by atoms with Crippen LogP contribution in [-0.4, -0.2) is 155 Å². The molecule has 1 aromatic carbocycles. The first-order chi connectivity index (χ1) is 33.9. The highest BCUT2D eigenvalue weighted by molar-refractivity contribution is 5.93. The Bertz CT molecular complexity index is 2250. The largest absolute Gasteiger partial charge is 0.416 e. The maximum absolute atomic E-state index is 14.0. The van der Waals surface area contributed by atoms with Crippen molar-refractivity contribution >= 4 is 40.3 Å². The van der Waals surface area contributed by atoms with Crippen molar-refractivity contribution in [3.63, 3.8) is 0 Å². The zero-order valence-electron chi connectivity index (χ0n) is 41.2. The highest BCUT2D eigenvalue weighted by atomic mass is 19.4. The Kier molecular flexibility index (Phi) is 18.6. The number of alkyl halides is 3. The monoisotopic (exact) mass is 997 g/mol. The van der Waals surface area contributed by atoms with Crippen LogP contribution in [0.4, 0.5) is 19.0 Å². The van der Waals surface area contributed by atoms with E-state index in [1.54, 1.807) is 24.3 Å². The number of benzene rings is 1. The Labute approximate surface area is 413 Å². The zero-order chi connectivity index (χ0) is 50.7. The molecule has 2 aromatic heterocycles. The van der Waals surface area contributed by atoms with E-state index in [0.717, 1.165) is 24.1 Å². The molecule has 4 amide bonds. The van der Waals surface area contributed by atoms with E-state index in [0.29, 0.717) is 103 Å². The van der Waals surface area contributed by atoms with E-state index in [-0.39, 0.29) is 89.5 Å². The molecular weight excluding hydrogens is 926 g/mol. The molecule has 0 bridgehead atoms. The molecule has 1 unspecified atom stereocenters. The molecule has 21 heteroatoms. The van der Waals surface area contributed by atoms with Gasteiger partial charge in [-0.15, -0.1) is 0 Å². The van der Waals surface area contributed by atoms with E-state index in [1.165, 1.54) is 12.4 Å². The van der Waals surface area contributed by atoms with Gasteiger partial charge in [0.2, 0.25) is 23.6 Å². The normalized spacial score (nSPS) is 26.4. The van der Waals surface area contributed by atoms with Crippen molar-refractivity contribution in [1.82, 2.24) is 46.0 Å². The van der Waals surface area contributed by atoms with Gasteiger partial charge >= 0.3 is 6.18 Å². The summed E-state index contributed by atoms with van der Waals surface area (Å²) in [7, 11) is 1.80. The number of likely N-dealkylation sites (tertiary alicyclic amines) is 2. The summed E-state index contributed by atoms with van der Waals surface area (Å²) in [6, 6.07) is 5.52. The molecule has 0 radical (unpaired) electrons. The molecule has 4 aliphatic rings. The minimum atomic E-state index is -4.55. The molecule has 7 rings (SSSR count). The van der Waals surface area contributed by atoms with Crippen LogP contribution in [0.3, 0.4) is 0 Å². The number of ether oxygens (including phenoxy) is 3. The number of fused-ring (bicyclic) bond motifs is 1. The summed E-state index contributed by atoms with van der Waals surface area (Å²) >= 11 is 0. The van der Waals surface area contributed by atoms with Crippen molar-refractivity contribution in [2.75, 3.05) is 65.1 Å². The number of carbonyl (C=O) groups excluding carboxylic acids is 4. The van der Waals surface area contributed by atoms with E-state index in [2.05, 4.69) is 62.3 Å². The summed E-state index contributed by atoms with van der Waals surface area (Å²) in [6.07, 6.45) is 4.98. The number of hydrogen-bond acceptors (Lipinski definition) is 14. The SMILES string of the molecule is CN1C(O)C[C@H](C(=O)NCCOCCOCCOCCC(=O)N[C@H]2CC[C@@H](C(=O)N[C@@H]3C[C@H](NC(C)(C)C)CC[C@@H]3N3CC[C@H](Nc4ncnc5ccc(C(F)(F)F)cc45)C3=O)CC2)[C@H]1c1cccnc1. The number of aliphatic hydroxyl groups excluding tert-OH is 1. The Morgan fingerprint density at radius 1 is 0.845 bits per heavy atom. The van der Waals surface area contributed by atoms with Crippen molar-refractivity contribution < 1.29 is 51.7 Å². The average Bonchev–Trinajstić information content (AvgIpc) is 3.85. The Morgan fingerprint density at radius 2 is 1.56 bits per heavy atom.